The van der Waals surface area contributed by atoms with Crippen LogP contribution >= 0.6 is 0 Å². The SMILES string of the molecule is O=C([O-])CCC(=O)[O-].OCCOCCO.[Na+].[Na+]. The van der Waals surface area contributed by atoms with Crippen LogP contribution in [0, 0.1) is 0 Å². The van der Waals surface area contributed by atoms with Crippen LogP contribution in [-0.2, 0) is 14.3 Å². The maximum Gasteiger partial charge on any atom is 1.00 e. The van der Waals surface area contributed by atoms with Crippen molar-refractivity contribution in [2.75, 3.05) is 26.4 Å². The number of rotatable bonds is 7. The summed E-state index contributed by atoms with van der Waals surface area (Å²) in [7, 11) is 0. The van der Waals surface area contributed by atoms with Crippen molar-refractivity contribution in [3.05, 3.63) is 0 Å². The maximum atomic E-state index is 9.50. The van der Waals surface area contributed by atoms with Crippen LogP contribution in [0.2, 0.25) is 0 Å². The molecule has 0 bridgehead atoms. The number of hydrogen-bond acceptors (Lipinski definition) is 7. The molecular weight excluding hydrogens is 254 g/mol. The fraction of sp³-hybridized carbons (Fsp3) is 0.750. The van der Waals surface area contributed by atoms with Crippen LogP contribution in [0.5, 0.6) is 0 Å². The molecule has 0 fully saturated rings. The third-order valence-corrected chi connectivity index (χ3v) is 1.00. The number of hydrogen-bond donors (Lipinski definition) is 2. The average Bonchev–Trinajstić information content (AvgIpc) is 2.17. The quantitative estimate of drug-likeness (QED) is 0.346. The number of carbonyl (C=O) groups is 2. The van der Waals surface area contributed by atoms with Crippen LogP contribution in [-0.4, -0.2) is 48.6 Å². The van der Waals surface area contributed by atoms with E-state index in [1.165, 1.54) is 0 Å². The number of aliphatic carboxylic acids is 2. The summed E-state index contributed by atoms with van der Waals surface area (Å²) in [6.07, 6.45) is -0.940. The summed E-state index contributed by atoms with van der Waals surface area (Å²) in [4.78, 5) is 19.0. The molecule has 0 aromatic rings. The molecule has 0 amide bonds. The summed E-state index contributed by atoms with van der Waals surface area (Å²) < 4.78 is 4.63. The van der Waals surface area contributed by atoms with Gasteiger partial charge in [0.05, 0.1) is 26.4 Å². The van der Waals surface area contributed by atoms with Crippen molar-refractivity contribution in [3.8, 4) is 0 Å². The maximum absolute atomic E-state index is 9.50. The van der Waals surface area contributed by atoms with Gasteiger partial charge < -0.3 is 34.8 Å². The minimum absolute atomic E-state index is 0. The molecule has 0 aromatic carbocycles. The van der Waals surface area contributed by atoms with E-state index in [9.17, 15) is 19.8 Å². The van der Waals surface area contributed by atoms with E-state index < -0.39 is 24.8 Å². The molecule has 0 saturated heterocycles. The van der Waals surface area contributed by atoms with E-state index in [-0.39, 0.29) is 72.3 Å². The van der Waals surface area contributed by atoms with E-state index >= 15 is 0 Å². The zero-order valence-electron chi connectivity index (χ0n) is 10.2. The minimum atomic E-state index is -1.37. The monoisotopic (exact) mass is 268 g/mol. The normalized spacial score (nSPS) is 7.88. The van der Waals surface area contributed by atoms with Crippen LogP contribution < -0.4 is 69.3 Å². The van der Waals surface area contributed by atoms with Crippen LogP contribution in [0.15, 0.2) is 0 Å². The largest absolute Gasteiger partial charge is 1.00 e. The van der Waals surface area contributed by atoms with E-state index in [4.69, 9.17) is 10.2 Å². The van der Waals surface area contributed by atoms with Crippen LogP contribution in [0.4, 0.5) is 0 Å². The number of ether oxygens (including phenoxy) is 1. The van der Waals surface area contributed by atoms with Gasteiger partial charge in [0.1, 0.15) is 0 Å². The molecule has 0 atom stereocenters. The van der Waals surface area contributed by atoms with E-state index in [1.807, 2.05) is 0 Å². The summed E-state index contributed by atoms with van der Waals surface area (Å²) >= 11 is 0. The topological polar surface area (TPSA) is 130 Å². The smallest absolute Gasteiger partial charge is 0.550 e. The molecule has 0 aromatic heterocycles. The van der Waals surface area contributed by atoms with Gasteiger partial charge in [-0.05, 0) is 12.8 Å². The van der Waals surface area contributed by atoms with Gasteiger partial charge in [0, 0.05) is 11.9 Å². The Morgan fingerprint density at radius 3 is 1.35 bits per heavy atom. The van der Waals surface area contributed by atoms with Crippen molar-refractivity contribution in [1.82, 2.24) is 0 Å². The van der Waals surface area contributed by atoms with Gasteiger partial charge in [-0.1, -0.05) is 0 Å². The summed E-state index contributed by atoms with van der Waals surface area (Å²) in [6.45, 7) is 0.696. The van der Waals surface area contributed by atoms with Crippen molar-refractivity contribution >= 4 is 11.9 Å². The predicted molar refractivity (Wildman–Crippen MR) is 44.2 cm³/mol. The molecule has 0 unspecified atom stereocenters. The van der Waals surface area contributed by atoms with Gasteiger partial charge in [-0.25, -0.2) is 0 Å². The molecule has 0 rings (SSSR count). The molecule has 0 aliphatic rings. The average molecular weight is 268 g/mol. The van der Waals surface area contributed by atoms with Gasteiger partial charge in [0.15, 0.2) is 0 Å². The summed E-state index contributed by atoms with van der Waals surface area (Å²) in [6, 6.07) is 0. The Morgan fingerprint density at radius 1 is 0.882 bits per heavy atom. The van der Waals surface area contributed by atoms with Crippen molar-refractivity contribution in [3.63, 3.8) is 0 Å². The van der Waals surface area contributed by atoms with Gasteiger partial charge in [0.25, 0.3) is 0 Å². The fourth-order valence-electron chi connectivity index (χ4n) is 0.435. The first-order valence-electron chi connectivity index (χ1n) is 4.23. The van der Waals surface area contributed by atoms with E-state index in [0.29, 0.717) is 13.2 Å². The molecule has 90 valence electrons. The molecule has 0 heterocycles. The van der Waals surface area contributed by atoms with Gasteiger partial charge in [-0.15, -0.1) is 0 Å². The zero-order valence-corrected chi connectivity index (χ0v) is 14.2. The number of carboxylic acids is 2. The van der Waals surface area contributed by atoms with E-state index in [1.54, 1.807) is 0 Å². The minimum Gasteiger partial charge on any atom is -0.550 e. The number of aliphatic hydroxyl groups excluding tert-OH is 2. The standard InChI is InChI=1S/C4H6O4.C4H10O3.2Na/c5-3(6)1-2-4(7)8;5-1-3-7-4-2-6;;/h1-2H2,(H,5,6)(H,7,8);5-6H,1-4H2;;/q;;2*+1/p-2. The third kappa shape index (κ3) is 38.3. The van der Waals surface area contributed by atoms with Gasteiger partial charge in [-0.2, -0.15) is 0 Å². The van der Waals surface area contributed by atoms with E-state index in [0.717, 1.165) is 0 Å². The Bertz CT molecular complexity index is 159. The second kappa shape index (κ2) is 22.0. The van der Waals surface area contributed by atoms with Crippen molar-refractivity contribution in [1.29, 1.82) is 0 Å². The van der Waals surface area contributed by atoms with Crippen LogP contribution in [0.1, 0.15) is 12.8 Å². The second-order valence-corrected chi connectivity index (χ2v) is 2.30. The predicted octanol–water partition coefficient (Wildman–Crippen LogP) is -9.74. The molecular formula is C8H14Na2O7. The van der Waals surface area contributed by atoms with Gasteiger partial charge in [0.2, 0.25) is 0 Å². The van der Waals surface area contributed by atoms with E-state index in [2.05, 4.69) is 4.74 Å². The number of aliphatic hydroxyl groups is 2. The summed E-state index contributed by atoms with van der Waals surface area (Å²) in [5.74, 6) is -2.73. The number of carbonyl (C=O) groups excluding carboxylic acids is 2. The molecule has 0 spiro atoms. The first-order chi connectivity index (χ1) is 7.04. The Balaban J connectivity index is -0.0000000896. The Morgan fingerprint density at radius 2 is 1.18 bits per heavy atom. The van der Waals surface area contributed by atoms with Crippen molar-refractivity contribution in [2.24, 2.45) is 0 Å². The van der Waals surface area contributed by atoms with Crippen LogP contribution in [0.25, 0.3) is 0 Å². The van der Waals surface area contributed by atoms with Crippen molar-refractivity contribution in [2.45, 2.75) is 12.8 Å². The molecule has 0 radical (unpaired) electrons. The first-order valence-corrected chi connectivity index (χ1v) is 4.23. The summed E-state index contributed by atoms with van der Waals surface area (Å²) in [5.41, 5.74) is 0. The molecule has 0 aliphatic carbocycles. The molecule has 2 N–H and O–H groups in total. The first kappa shape index (κ1) is 26.4. The zero-order chi connectivity index (χ0) is 12.1. The third-order valence-electron chi connectivity index (χ3n) is 1.00. The summed E-state index contributed by atoms with van der Waals surface area (Å²) in [5, 5.41) is 35.2. The molecule has 9 heteroatoms. The molecule has 0 saturated carbocycles. The Kier molecular flexibility index (Phi) is 34.2. The van der Waals surface area contributed by atoms with Gasteiger partial charge >= 0.3 is 59.1 Å². The second-order valence-electron chi connectivity index (χ2n) is 2.30. The van der Waals surface area contributed by atoms with Gasteiger partial charge in [-0.3, -0.25) is 0 Å². The Hall–Kier alpha value is 0.820. The molecule has 0 aliphatic heterocycles. The molecule has 17 heavy (non-hydrogen) atoms. The Labute approximate surface area is 144 Å². The van der Waals surface area contributed by atoms with Crippen molar-refractivity contribution < 1.29 is 93.9 Å². The van der Waals surface area contributed by atoms with Crippen LogP contribution in [0.3, 0.4) is 0 Å². The number of carboxylic acid groups (broad SMARTS) is 2. The fourth-order valence-corrected chi connectivity index (χ4v) is 0.435. The molecule has 7 nitrogen and oxygen atoms in total.